The van der Waals surface area contributed by atoms with Gasteiger partial charge in [0.25, 0.3) is 0 Å². The number of anilines is 2. The third kappa shape index (κ3) is 17.4. The number of hydrogen-bond acceptors (Lipinski definition) is 14. The van der Waals surface area contributed by atoms with Crippen molar-refractivity contribution in [2.75, 3.05) is 57.6 Å². The van der Waals surface area contributed by atoms with Crippen molar-refractivity contribution in [2.24, 2.45) is 5.73 Å². The summed E-state index contributed by atoms with van der Waals surface area (Å²) in [5.74, 6) is 2.13. The van der Waals surface area contributed by atoms with Gasteiger partial charge in [-0.25, -0.2) is 39.1 Å². The number of piperidine rings is 2. The molecule has 5 N–H and O–H groups in total. The lowest BCUT2D eigenvalue weighted by Gasteiger charge is -2.34. The highest BCUT2D eigenvalue weighted by molar-refractivity contribution is 5.89. The highest BCUT2D eigenvalue weighted by atomic mass is 16.6. The van der Waals surface area contributed by atoms with E-state index in [-0.39, 0.29) is 30.3 Å². The van der Waals surface area contributed by atoms with E-state index in [1.54, 1.807) is 43.1 Å². The molecule has 6 rings (SSSR count). The second-order valence-electron chi connectivity index (χ2n) is 17.0. The number of urea groups is 1. The van der Waals surface area contributed by atoms with E-state index in [2.05, 4.69) is 35.9 Å². The molecule has 2 unspecified atom stereocenters. The van der Waals surface area contributed by atoms with E-state index in [9.17, 15) is 19.2 Å². The Kier molecular flexibility index (Phi) is 19.1. The summed E-state index contributed by atoms with van der Waals surface area (Å²) < 4.78 is 26.2. The summed E-state index contributed by atoms with van der Waals surface area (Å²) in [5, 5.41) is 8.19. The van der Waals surface area contributed by atoms with Crippen molar-refractivity contribution >= 4 is 35.9 Å². The van der Waals surface area contributed by atoms with Gasteiger partial charge in [0.05, 0.1) is 32.2 Å². The predicted molar refractivity (Wildman–Crippen MR) is 247 cm³/mol. The van der Waals surface area contributed by atoms with Crippen LogP contribution in [0.25, 0.3) is 22.5 Å². The molecule has 0 radical (unpaired) electrons. The molecule has 4 heterocycles. The second-order valence-corrected chi connectivity index (χ2v) is 17.0. The Morgan fingerprint density at radius 1 is 0.692 bits per heavy atom. The molecular formula is C46H64N10O9. The van der Waals surface area contributed by atoms with Gasteiger partial charge in [0.2, 0.25) is 0 Å². The van der Waals surface area contributed by atoms with Crippen molar-refractivity contribution in [3.63, 3.8) is 0 Å². The number of ether oxygens (including phenoxy) is 5. The number of carbonyl (C=O) groups excluding carboxylic acids is 4. The van der Waals surface area contributed by atoms with Gasteiger partial charge < -0.3 is 44.5 Å². The molecule has 2 aromatic heterocycles. The van der Waals surface area contributed by atoms with Crippen LogP contribution in [0, 0.1) is 0 Å². The van der Waals surface area contributed by atoms with E-state index in [0.29, 0.717) is 60.8 Å². The fourth-order valence-electron chi connectivity index (χ4n) is 6.56. The van der Waals surface area contributed by atoms with Gasteiger partial charge in [-0.2, -0.15) is 0 Å². The summed E-state index contributed by atoms with van der Waals surface area (Å²) in [7, 11) is 3.19. The van der Waals surface area contributed by atoms with E-state index in [0.717, 1.165) is 43.4 Å². The molecule has 5 amide bonds. The third-order valence-corrected chi connectivity index (χ3v) is 9.37. The number of benzene rings is 2. The van der Waals surface area contributed by atoms with Crippen LogP contribution >= 0.6 is 0 Å². The average Bonchev–Trinajstić information content (AvgIpc) is 3.26. The Labute approximate surface area is 381 Å². The molecule has 352 valence electrons. The van der Waals surface area contributed by atoms with E-state index in [4.69, 9.17) is 29.4 Å². The van der Waals surface area contributed by atoms with Crippen LogP contribution in [0.3, 0.4) is 0 Å². The topological polar surface area (TPSA) is 235 Å². The number of nitrogens with one attached hydrogen (secondary N) is 3. The van der Waals surface area contributed by atoms with Crippen molar-refractivity contribution in [1.29, 1.82) is 0 Å². The van der Waals surface area contributed by atoms with E-state index in [1.165, 1.54) is 12.7 Å². The number of amides is 5. The average molecular weight is 901 g/mol. The summed E-state index contributed by atoms with van der Waals surface area (Å²) in [5.41, 5.74) is 7.72. The first-order valence-corrected chi connectivity index (χ1v) is 21.5. The van der Waals surface area contributed by atoms with Gasteiger partial charge in [-0.15, -0.1) is 0 Å². The number of likely N-dealkylation sites (tertiary alicyclic amines) is 2. The lowest BCUT2D eigenvalue weighted by molar-refractivity contribution is 0.0185. The molecule has 0 aliphatic carbocycles. The maximum Gasteiger partial charge on any atom is 0.412 e. The fourth-order valence-corrected chi connectivity index (χ4v) is 6.56. The quantitative estimate of drug-likeness (QED) is 0.124. The first-order chi connectivity index (χ1) is 30.9. The smallest absolute Gasteiger partial charge is 0.412 e. The first kappa shape index (κ1) is 50.9. The third-order valence-electron chi connectivity index (χ3n) is 9.37. The van der Waals surface area contributed by atoms with Crippen molar-refractivity contribution in [2.45, 2.75) is 97.4 Å². The summed E-state index contributed by atoms with van der Waals surface area (Å²) in [6, 6.07) is 17.9. The first-order valence-electron chi connectivity index (χ1n) is 21.5. The van der Waals surface area contributed by atoms with Gasteiger partial charge in [-0.3, -0.25) is 10.6 Å². The predicted octanol–water partition coefficient (Wildman–Crippen LogP) is 7.74. The van der Waals surface area contributed by atoms with Gasteiger partial charge in [0.15, 0.2) is 0 Å². The van der Waals surface area contributed by atoms with Crippen LogP contribution in [0.2, 0.25) is 0 Å². The van der Waals surface area contributed by atoms with Gasteiger partial charge in [0.1, 0.15) is 47.0 Å². The molecule has 2 aromatic carbocycles. The minimum Gasteiger partial charge on any atom is -0.496 e. The number of para-hydroxylation sites is 2. The van der Waals surface area contributed by atoms with Crippen LogP contribution in [0.1, 0.15) is 74.1 Å². The van der Waals surface area contributed by atoms with Crippen LogP contribution in [-0.2, 0) is 14.2 Å². The van der Waals surface area contributed by atoms with Crippen molar-refractivity contribution in [3.8, 4) is 34.0 Å². The van der Waals surface area contributed by atoms with Crippen molar-refractivity contribution in [3.05, 3.63) is 73.3 Å². The van der Waals surface area contributed by atoms with E-state index in [1.807, 2.05) is 90.1 Å². The summed E-state index contributed by atoms with van der Waals surface area (Å²) in [6.45, 7) is 15.5. The SMILES string of the molecule is CC(C)(C)OC(=O)N1CCCC(N)C1.CCOC(=O)Nc1cc(-c2ccccc2OC)ncn1.COc1ccccc1-c1cc(NC(=O)NC2CCCN(C(=O)OC(C)(C)C)C2)ncn1. The Hall–Kier alpha value is -6.76. The monoisotopic (exact) mass is 900 g/mol. The largest absolute Gasteiger partial charge is 0.496 e. The molecule has 2 aliphatic heterocycles. The molecule has 0 saturated carbocycles. The van der Waals surface area contributed by atoms with Gasteiger partial charge in [-0.05, 0) is 98.4 Å². The van der Waals surface area contributed by atoms with Crippen LogP contribution in [0.5, 0.6) is 11.5 Å². The fraction of sp³-hybridized carbons (Fsp3) is 0.478. The van der Waals surface area contributed by atoms with Crippen LogP contribution in [0.4, 0.5) is 30.8 Å². The Morgan fingerprint density at radius 3 is 1.65 bits per heavy atom. The number of nitrogens with zero attached hydrogens (tertiary/aromatic N) is 6. The van der Waals surface area contributed by atoms with Crippen LogP contribution < -0.4 is 31.2 Å². The zero-order chi connectivity index (χ0) is 47.6. The maximum atomic E-state index is 12.5. The molecule has 65 heavy (non-hydrogen) atoms. The molecule has 0 spiro atoms. The van der Waals surface area contributed by atoms with Crippen LogP contribution in [0.15, 0.2) is 73.3 Å². The molecule has 2 fully saturated rings. The van der Waals surface area contributed by atoms with Crippen molar-refractivity contribution < 1.29 is 42.9 Å². The van der Waals surface area contributed by atoms with Gasteiger partial charge >= 0.3 is 24.3 Å². The minimum atomic E-state index is -0.555. The molecule has 2 saturated heterocycles. The Bertz CT molecular complexity index is 2180. The number of methoxy groups -OCH3 is 2. The lowest BCUT2D eigenvalue weighted by Crippen LogP contribution is -2.51. The second kappa shape index (κ2) is 24.3. The maximum absolute atomic E-state index is 12.5. The highest BCUT2D eigenvalue weighted by Gasteiger charge is 2.29. The number of aromatic nitrogens is 4. The molecule has 2 aliphatic rings. The van der Waals surface area contributed by atoms with E-state index < -0.39 is 17.3 Å². The van der Waals surface area contributed by atoms with Gasteiger partial charge in [-0.1, -0.05) is 24.3 Å². The Morgan fingerprint density at radius 2 is 1.17 bits per heavy atom. The number of carbonyl (C=O) groups is 4. The molecule has 19 nitrogen and oxygen atoms in total. The molecule has 19 heteroatoms. The minimum absolute atomic E-state index is 0.108. The van der Waals surface area contributed by atoms with E-state index >= 15 is 0 Å². The normalized spacial score (nSPS) is 15.9. The van der Waals surface area contributed by atoms with Crippen molar-refractivity contribution in [1.82, 2.24) is 35.1 Å². The lowest BCUT2D eigenvalue weighted by atomic mass is 10.1. The number of rotatable bonds is 8. The molecule has 0 bridgehead atoms. The molecular weight excluding hydrogens is 837 g/mol. The standard InChI is InChI=1S/C22H29N5O4.C14H15N3O3.C10H20N2O2/c1-22(2,3)31-21(29)27-11-7-8-15(13-27)25-20(28)26-19-12-17(23-14-24-19)16-9-5-6-10-18(16)30-4;1-3-20-14(18)17-13-8-11(15-9-16-13)10-6-4-5-7-12(10)19-2;1-10(2,3)14-9(13)12-6-4-5-8(11)7-12/h5-6,9-10,12,14-15H,7-8,11,13H2,1-4H3,(H2,23,24,25,26,28);4-9H,3H2,1-2H3,(H,15,16,17,18);8H,4-7,11H2,1-3H3. The summed E-state index contributed by atoms with van der Waals surface area (Å²) >= 11 is 0. The van der Waals surface area contributed by atoms with Crippen LogP contribution in [-0.4, -0.2) is 124 Å². The van der Waals surface area contributed by atoms with Gasteiger partial charge in [0, 0.05) is 61.5 Å². The zero-order valence-electron chi connectivity index (χ0n) is 38.9. The molecule has 2 atom stereocenters. The highest BCUT2D eigenvalue weighted by Crippen LogP contribution is 2.30. The summed E-state index contributed by atoms with van der Waals surface area (Å²) in [4.78, 5) is 67.7. The molecule has 4 aromatic rings. The number of nitrogens with two attached hydrogens (primary N) is 1. The zero-order valence-corrected chi connectivity index (χ0v) is 38.9. The summed E-state index contributed by atoms with van der Waals surface area (Å²) in [6.07, 6.45) is 5.16. The Balaban J connectivity index is 0.000000233. The number of hydrogen-bond donors (Lipinski definition) is 4.